The molecule has 0 unspecified atom stereocenters. The Morgan fingerprint density at radius 3 is 2.71 bits per heavy atom. The standard InChI is InChI=1S/C12H10ClN3S/c1-2-11-15-16-7-10(14-12(16)17-11)8-3-5-9(13)6-4-8/h3-7H,2H2,1H3. The Bertz CT molecular complexity index is 623. The zero-order valence-electron chi connectivity index (χ0n) is 9.22. The summed E-state index contributed by atoms with van der Waals surface area (Å²) in [6, 6.07) is 7.68. The number of hydrogen-bond donors (Lipinski definition) is 0. The van der Waals surface area contributed by atoms with Gasteiger partial charge in [0.25, 0.3) is 0 Å². The van der Waals surface area contributed by atoms with Crippen LogP contribution in [0.1, 0.15) is 11.9 Å². The molecule has 0 aliphatic rings. The number of halogens is 1. The fourth-order valence-electron chi connectivity index (χ4n) is 1.64. The molecule has 86 valence electrons. The van der Waals surface area contributed by atoms with E-state index in [9.17, 15) is 0 Å². The predicted molar refractivity (Wildman–Crippen MR) is 70.7 cm³/mol. The maximum Gasteiger partial charge on any atom is 0.212 e. The largest absolute Gasteiger partial charge is 0.217 e. The van der Waals surface area contributed by atoms with E-state index in [-0.39, 0.29) is 0 Å². The Morgan fingerprint density at radius 1 is 1.29 bits per heavy atom. The van der Waals surface area contributed by atoms with Crippen LogP contribution in [0.15, 0.2) is 30.5 Å². The highest BCUT2D eigenvalue weighted by Gasteiger charge is 2.08. The number of fused-ring (bicyclic) bond motifs is 1. The molecule has 0 N–H and O–H groups in total. The van der Waals surface area contributed by atoms with Crippen molar-refractivity contribution in [3.05, 3.63) is 40.5 Å². The fraction of sp³-hybridized carbons (Fsp3) is 0.167. The van der Waals surface area contributed by atoms with E-state index in [1.54, 1.807) is 11.3 Å². The van der Waals surface area contributed by atoms with Crippen molar-refractivity contribution < 1.29 is 0 Å². The average Bonchev–Trinajstić information content (AvgIpc) is 2.87. The molecule has 0 spiro atoms. The lowest BCUT2D eigenvalue weighted by atomic mass is 10.2. The molecular weight excluding hydrogens is 254 g/mol. The van der Waals surface area contributed by atoms with Gasteiger partial charge in [-0.05, 0) is 18.6 Å². The molecule has 17 heavy (non-hydrogen) atoms. The van der Waals surface area contributed by atoms with Crippen molar-refractivity contribution in [2.75, 3.05) is 0 Å². The Labute approximate surface area is 108 Å². The summed E-state index contributed by atoms with van der Waals surface area (Å²) in [4.78, 5) is 5.49. The first-order chi connectivity index (χ1) is 8.26. The van der Waals surface area contributed by atoms with Gasteiger partial charge in [-0.1, -0.05) is 42.0 Å². The number of aryl methyl sites for hydroxylation is 1. The minimum absolute atomic E-state index is 0.737. The highest BCUT2D eigenvalue weighted by Crippen LogP contribution is 2.23. The summed E-state index contributed by atoms with van der Waals surface area (Å²) in [7, 11) is 0. The third-order valence-corrected chi connectivity index (χ3v) is 3.85. The van der Waals surface area contributed by atoms with Crippen LogP contribution < -0.4 is 0 Å². The molecule has 2 aromatic heterocycles. The van der Waals surface area contributed by atoms with Crippen molar-refractivity contribution in [2.45, 2.75) is 13.3 Å². The molecular formula is C12H10ClN3S. The van der Waals surface area contributed by atoms with Crippen LogP contribution in [-0.4, -0.2) is 14.6 Å². The van der Waals surface area contributed by atoms with E-state index < -0.39 is 0 Å². The molecule has 1 aromatic carbocycles. The van der Waals surface area contributed by atoms with E-state index in [1.807, 2.05) is 35.0 Å². The first-order valence-corrected chi connectivity index (χ1v) is 6.57. The van der Waals surface area contributed by atoms with Crippen molar-refractivity contribution in [3.63, 3.8) is 0 Å². The molecule has 3 nitrogen and oxygen atoms in total. The van der Waals surface area contributed by atoms with E-state index in [0.29, 0.717) is 0 Å². The zero-order chi connectivity index (χ0) is 11.8. The summed E-state index contributed by atoms with van der Waals surface area (Å²) in [5.74, 6) is 0. The molecule has 3 aromatic rings. The summed E-state index contributed by atoms with van der Waals surface area (Å²) in [6.07, 6.45) is 2.90. The maximum absolute atomic E-state index is 5.86. The number of hydrogen-bond acceptors (Lipinski definition) is 3. The van der Waals surface area contributed by atoms with Gasteiger partial charge in [-0.3, -0.25) is 0 Å². The van der Waals surface area contributed by atoms with Gasteiger partial charge in [-0.15, -0.1) is 0 Å². The maximum atomic E-state index is 5.86. The van der Waals surface area contributed by atoms with Gasteiger partial charge < -0.3 is 0 Å². The quantitative estimate of drug-likeness (QED) is 0.706. The summed E-state index contributed by atoms with van der Waals surface area (Å²) in [5.41, 5.74) is 1.99. The molecule has 0 saturated heterocycles. The van der Waals surface area contributed by atoms with Gasteiger partial charge in [-0.25, -0.2) is 9.50 Å². The Kier molecular flexibility index (Phi) is 2.61. The lowest BCUT2D eigenvalue weighted by molar-refractivity contribution is 0.910. The minimum Gasteiger partial charge on any atom is -0.217 e. The second-order valence-corrected chi connectivity index (χ2v) is 5.19. The first kappa shape index (κ1) is 10.7. The van der Waals surface area contributed by atoms with Gasteiger partial charge >= 0.3 is 0 Å². The van der Waals surface area contributed by atoms with Crippen LogP contribution in [0.2, 0.25) is 5.02 Å². The van der Waals surface area contributed by atoms with Crippen LogP contribution in [0, 0.1) is 0 Å². The van der Waals surface area contributed by atoms with Crippen LogP contribution in [-0.2, 0) is 6.42 Å². The molecule has 5 heteroatoms. The molecule has 0 atom stereocenters. The van der Waals surface area contributed by atoms with Gasteiger partial charge in [0, 0.05) is 10.6 Å². The molecule has 0 saturated carbocycles. The summed E-state index contributed by atoms with van der Waals surface area (Å²) < 4.78 is 1.84. The van der Waals surface area contributed by atoms with Crippen molar-refractivity contribution in [1.82, 2.24) is 14.6 Å². The number of rotatable bonds is 2. The Morgan fingerprint density at radius 2 is 2.06 bits per heavy atom. The average molecular weight is 264 g/mol. The van der Waals surface area contributed by atoms with Crippen LogP contribution >= 0.6 is 22.9 Å². The van der Waals surface area contributed by atoms with E-state index in [0.717, 1.165) is 32.7 Å². The SMILES string of the molecule is CCc1nn2cc(-c3ccc(Cl)cc3)nc2s1. The predicted octanol–water partition coefficient (Wildman–Crippen LogP) is 3.67. The molecule has 0 radical (unpaired) electrons. The minimum atomic E-state index is 0.737. The highest BCUT2D eigenvalue weighted by molar-refractivity contribution is 7.16. The van der Waals surface area contributed by atoms with Crippen LogP contribution in [0.25, 0.3) is 16.2 Å². The van der Waals surface area contributed by atoms with E-state index in [1.165, 1.54) is 0 Å². The smallest absolute Gasteiger partial charge is 0.212 e. The number of benzene rings is 1. The topological polar surface area (TPSA) is 30.2 Å². The van der Waals surface area contributed by atoms with Crippen LogP contribution in [0.4, 0.5) is 0 Å². The monoisotopic (exact) mass is 263 g/mol. The number of imidazole rings is 1. The van der Waals surface area contributed by atoms with E-state index >= 15 is 0 Å². The molecule has 0 amide bonds. The van der Waals surface area contributed by atoms with Crippen molar-refractivity contribution in [3.8, 4) is 11.3 Å². The molecule has 3 rings (SSSR count). The summed E-state index contributed by atoms with van der Waals surface area (Å²) in [5, 5.41) is 6.29. The highest BCUT2D eigenvalue weighted by atomic mass is 35.5. The van der Waals surface area contributed by atoms with Gasteiger partial charge in [0.05, 0.1) is 11.9 Å². The third-order valence-electron chi connectivity index (χ3n) is 2.53. The third kappa shape index (κ3) is 1.94. The van der Waals surface area contributed by atoms with Gasteiger partial charge in [-0.2, -0.15) is 5.10 Å². The van der Waals surface area contributed by atoms with Crippen LogP contribution in [0.5, 0.6) is 0 Å². The van der Waals surface area contributed by atoms with Crippen molar-refractivity contribution in [1.29, 1.82) is 0 Å². The molecule has 0 bridgehead atoms. The number of aromatic nitrogens is 3. The van der Waals surface area contributed by atoms with E-state index in [4.69, 9.17) is 11.6 Å². The van der Waals surface area contributed by atoms with Crippen molar-refractivity contribution in [2.24, 2.45) is 0 Å². The lowest BCUT2D eigenvalue weighted by Gasteiger charge is -1.95. The van der Waals surface area contributed by atoms with Gasteiger partial charge in [0.15, 0.2) is 0 Å². The van der Waals surface area contributed by atoms with E-state index in [2.05, 4.69) is 17.0 Å². The van der Waals surface area contributed by atoms with Crippen LogP contribution in [0.3, 0.4) is 0 Å². The summed E-state index contributed by atoms with van der Waals surface area (Å²) in [6.45, 7) is 2.10. The second-order valence-electron chi connectivity index (χ2n) is 3.71. The normalized spacial score (nSPS) is 11.2. The first-order valence-electron chi connectivity index (χ1n) is 5.37. The second kappa shape index (κ2) is 4.13. The fourth-order valence-corrected chi connectivity index (χ4v) is 2.58. The Hall–Kier alpha value is -1.39. The molecule has 0 fully saturated rings. The molecule has 0 aliphatic heterocycles. The molecule has 0 aliphatic carbocycles. The Balaban J connectivity index is 2.06. The zero-order valence-corrected chi connectivity index (χ0v) is 10.8. The lowest BCUT2D eigenvalue weighted by Crippen LogP contribution is -1.83. The molecule has 2 heterocycles. The number of nitrogens with zero attached hydrogens (tertiary/aromatic N) is 3. The van der Waals surface area contributed by atoms with Crippen molar-refractivity contribution >= 4 is 27.9 Å². The van der Waals surface area contributed by atoms with Gasteiger partial charge in [0.1, 0.15) is 5.01 Å². The summed E-state index contributed by atoms with van der Waals surface area (Å²) >= 11 is 7.49. The van der Waals surface area contributed by atoms with Gasteiger partial charge in [0.2, 0.25) is 4.96 Å².